The van der Waals surface area contributed by atoms with E-state index in [9.17, 15) is 9.59 Å². The van der Waals surface area contributed by atoms with Gasteiger partial charge in [-0.05, 0) is 37.6 Å². The summed E-state index contributed by atoms with van der Waals surface area (Å²) in [6.45, 7) is 6.10. The van der Waals surface area contributed by atoms with Crippen molar-refractivity contribution in [3.63, 3.8) is 0 Å². The van der Waals surface area contributed by atoms with Crippen LogP contribution in [0.1, 0.15) is 19.4 Å². The zero-order chi connectivity index (χ0) is 24.4. The van der Waals surface area contributed by atoms with Crippen LogP contribution in [-0.4, -0.2) is 59.1 Å². The molecule has 0 saturated carbocycles. The van der Waals surface area contributed by atoms with Crippen molar-refractivity contribution in [1.82, 2.24) is 14.8 Å². The molecule has 9 heteroatoms. The first-order chi connectivity index (χ1) is 17.0. The molecule has 35 heavy (non-hydrogen) atoms. The fourth-order valence-corrected chi connectivity index (χ4v) is 5.45. The van der Waals surface area contributed by atoms with Gasteiger partial charge in [0.25, 0.3) is 0 Å². The maximum Gasteiger partial charge on any atom is 0.242 e. The van der Waals surface area contributed by atoms with E-state index in [4.69, 9.17) is 14.2 Å². The molecule has 0 spiro atoms. The van der Waals surface area contributed by atoms with E-state index in [0.29, 0.717) is 25.4 Å². The van der Waals surface area contributed by atoms with Gasteiger partial charge in [0.15, 0.2) is 11.5 Å². The highest BCUT2D eigenvalue weighted by molar-refractivity contribution is 8.00. The molecule has 0 radical (unpaired) electrons. The van der Waals surface area contributed by atoms with Crippen LogP contribution in [0, 0.1) is 0 Å². The fraction of sp³-hybridized carbons (Fsp3) is 0.385. The summed E-state index contributed by atoms with van der Waals surface area (Å²) in [5.41, 5.74) is 1.94. The standard InChI is InChI=1S/C26H29N3O5S/c1-17-11-29(12-18(2)34-17)26(31)14-28-13-24(20-5-3-4-6-21(20)28)35-15-25(30)27-10-19-7-8-22-23(9-19)33-16-32-22/h3-9,13,17-18H,10-12,14-16H2,1-2H3,(H,27,30)/t17-,18+. The maximum atomic E-state index is 13.0. The van der Waals surface area contributed by atoms with Crippen LogP contribution < -0.4 is 14.8 Å². The number of benzene rings is 2. The van der Waals surface area contributed by atoms with E-state index in [1.807, 2.05) is 72.0 Å². The van der Waals surface area contributed by atoms with Crippen LogP contribution in [0.25, 0.3) is 10.9 Å². The van der Waals surface area contributed by atoms with Crippen molar-refractivity contribution in [3.05, 3.63) is 54.2 Å². The summed E-state index contributed by atoms with van der Waals surface area (Å²) in [5, 5.41) is 4.00. The second-order valence-corrected chi connectivity index (χ2v) is 9.96. The number of nitrogens with zero attached hydrogens (tertiary/aromatic N) is 2. The van der Waals surface area contributed by atoms with E-state index >= 15 is 0 Å². The number of hydrogen-bond donors (Lipinski definition) is 1. The van der Waals surface area contributed by atoms with E-state index < -0.39 is 0 Å². The highest BCUT2D eigenvalue weighted by Gasteiger charge is 2.26. The van der Waals surface area contributed by atoms with E-state index in [-0.39, 0.29) is 43.1 Å². The van der Waals surface area contributed by atoms with Crippen LogP contribution in [0.2, 0.25) is 0 Å². The number of para-hydroxylation sites is 1. The van der Waals surface area contributed by atoms with Gasteiger partial charge in [0.2, 0.25) is 18.6 Å². The Morgan fingerprint density at radius 2 is 1.83 bits per heavy atom. The van der Waals surface area contributed by atoms with Crippen LogP contribution in [-0.2, 0) is 27.4 Å². The van der Waals surface area contributed by atoms with Gasteiger partial charge in [-0.2, -0.15) is 0 Å². The van der Waals surface area contributed by atoms with Crippen LogP contribution in [0.3, 0.4) is 0 Å². The van der Waals surface area contributed by atoms with Crippen LogP contribution >= 0.6 is 11.8 Å². The maximum absolute atomic E-state index is 13.0. The number of fused-ring (bicyclic) bond motifs is 2. The van der Waals surface area contributed by atoms with Crippen molar-refractivity contribution in [2.75, 3.05) is 25.6 Å². The molecule has 1 fully saturated rings. The lowest BCUT2D eigenvalue weighted by Crippen LogP contribution is -2.49. The largest absolute Gasteiger partial charge is 0.454 e. The van der Waals surface area contributed by atoms with E-state index in [2.05, 4.69) is 5.32 Å². The van der Waals surface area contributed by atoms with Crippen LogP contribution in [0.5, 0.6) is 11.5 Å². The molecule has 1 saturated heterocycles. The summed E-state index contributed by atoms with van der Waals surface area (Å²) in [6, 6.07) is 13.6. The van der Waals surface area contributed by atoms with E-state index in [0.717, 1.165) is 27.1 Å². The van der Waals surface area contributed by atoms with Crippen molar-refractivity contribution in [3.8, 4) is 11.5 Å². The first kappa shape index (κ1) is 23.6. The minimum absolute atomic E-state index is 0.0337. The van der Waals surface area contributed by atoms with Gasteiger partial charge in [0.1, 0.15) is 6.54 Å². The molecular formula is C26H29N3O5S. The number of aromatic nitrogens is 1. The van der Waals surface area contributed by atoms with E-state index in [1.54, 1.807) is 0 Å². The number of amides is 2. The summed E-state index contributed by atoms with van der Waals surface area (Å²) >= 11 is 1.48. The van der Waals surface area contributed by atoms with Gasteiger partial charge in [-0.25, -0.2) is 0 Å². The van der Waals surface area contributed by atoms with Crippen molar-refractivity contribution in [2.45, 2.75) is 44.0 Å². The number of carbonyl (C=O) groups excluding carboxylic acids is 2. The van der Waals surface area contributed by atoms with Gasteiger partial charge >= 0.3 is 0 Å². The zero-order valence-electron chi connectivity index (χ0n) is 19.9. The Morgan fingerprint density at radius 3 is 2.66 bits per heavy atom. The Hall–Kier alpha value is -3.17. The lowest BCUT2D eigenvalue weighted by Gasteiger charge is -2.35. The molecule has 0 bridgehead atoms. The predicted octanol–water partition coefficient (Wildman–Crippen LogP) is 3.41. The third-order valence-corrected chi connectivity index (χ3v) is 7.16. The van der Waals surface area contributed by atoms with Crippen molar-refractivity contribution in [2.24, 2.45) is 0 Å². The summed E-state index contributed by atoms with van der Waals surface area (Å²) in [7, 11) is 0. The average molecular weight is 496 g/mol. The molecule has 8 nitrogen and oxygen atoms in total. The van der Waals surface area contributed by atoms with Gasteiger partial charge < -0.3 is 29.0 Å². The number of hydrogen-bond acceptors (Lipinski definition) is 6. The fourth-order valence-electron chi connectivity index (χ4n) is 4.53. The van der Waals surface area contributed by atoms with Crippen LogP contribution in [0.4, 0.5) is 0 Å². The summed E-state index contributed by atoms with van der Waals surface area (Å²) in [4.78, 5) is 28.4. The first-order valence-electron chi connectivity index (χ1n) is 11.8. The van der Waals surface area contributed by atoms with Crippen molar-refractivity contribution >= 4 is 34.5 Å². The average Bonchev–Trinajstić information content (AvgIpc) is 3.45. The third kappa shape index (κ3) is 5.41. The number of rotatable bonds is 7. The van der Waals surface area contributed by atoms with Gasteiger partial charge in [0.05, 0.1) is 18.0 Å². The summed E-state index contributed by atoms with van der Waals surface area (Å²) in [5.74, 6) is 1.73. The molecule has 5 rings (SSSR count). The lowest BCUT2D eigenvalue weighted by atomic mass is 10.2. The molecule has 2 amide bonds. The molecule has 3 heterocycles. The van der Waals surface area contributed by atoms with Gasteiger partial charge in [0, 0.05) is 41.6 Å². The Kier molecular flexibility index (Phi) is 6.88. The smallest absolute Gasteiger partial charge is 0.242 e. The Bertz CT molecular complexity index is 1230. The number of nitrogens with one attached hydrogen (secondary N) is 1. The number of morpholine rings is 1. The highest BCUT2D eigenvalue weighted by Crippen LogP contribution is 2.33. The third-order valence-electron chi connectivity index (χ3n) is 6.12. The molecule has 3 aromatic rings. The summed E-state index contributed by atoms with van der Waals surface area (Å²) in [6.07, 6.45) is 2.05. The van der Waals surface area contributed by atoms with Crippen molar-refractivity contribution < 1.29 is 23.8 Å². The quantitative estimate of drug-likeness (QED) is 0.506. The topological polar surface area (TPSA) is 82.0 Å². The van der Waals surface area contributed by atoms with Crippen LogP contribution in [0.15, 0.2) is 53.6 Å². The molecule has 1 aromatic heterocycles. The summed E-state index contributed by atoms with van der Waals surface area (Å²) < 4.78 is 18.5. The number of ether oxygens (including phenoxy) is 3. The normalized spacial score (nSPS) is 19.2. The second-order valence-electron chi connectivity index (χ2n) is 8.95. The second kappa shape index (κ2) is 10.2. The van der Waals surface area contributed by atoms with Crippen molar-refractivity contribution in [1.29, 1.82) is 0 Å². The SMILES string of the molecule is C[C@@H]1CN(C(=O)Cn2cc(SCC(=O)NCc3ccc4c(c3)OCO4)c3ccccc32)C[C@H](C)O1. The van der Waals surface area contributed by atoms with E-state index in [1.165, 1.54) is 11.8 Å². The van der Waals surface area contributed by atoms with Gasteiger partial charge in [-0.1, -0.05) is 24.3 Å². The first-order valence-corrected chi connectivity index (χ1v) is 12.7. The molecule has 2 atom stereocenters. The predicted molar refractivity (Wildman–Crippen MR) is 134 cm³/mol. The molecule has 184 valence electrons. The number of thioether (sulfide) groups is 1. The molecule has 0 aliphatic carbocycles. The Morgan fingerprint density at radius 1 is 1.06 bits per heavy atom. The highest BCUT2D eigenvalue weighted by atomic mass is 32.2. The zero-order valence-corrected chi connectivity index (χ0v) is 20.7. The minimum Gasteiger partial charge on any atom is -0.454 e. The Balaban J connectivity index is 1.21. The molecule has 2 aromatic carbocycles. The minimum atomic E-state index is -0.0585. The molecule has 1 N–H and O–H groups in total. The molecule has 2 aliphatic heterocycles. The molecule has 0 unspecified atom stereocenters. The molecule has 2 aliphatic rings. The van der Waals surface area contributed by atoms with Gasteiger partial charge in [-0.3, -0.25) is 9.59 Å². The monoisotopic (exact) mass is 495 g/mol. The lowest BCUT2D eigenvalue weighted by molar-refractivity contribution is -0.143. The van der Waals surface area contributed by atoms with Gasteiger partial charge in [-0.15, -0.1) is 11.8 Å². The molecular weight excluding hydrogens is 466 g/mol. The number of carbonyl (C=O) groups is 2. The Labute approximate surface area is 208 Å².